The molecule has 1 heterocycles. The Balaban J connectivity index is 1.78. The molecule has 0 saturated carbocycles. The number of rotatable bonds is 4. The molecular weight excluding hydrogens is 374 g/mol. The Labute approximate surface area is 168 Å². The number of amides is 2. The van der Waals surface area contributed by atoms with E-state index in [1.807, 2.05) is 45.0 Å². The Morgan fingerprint density at radius 1 is 0.821 bits per heavy atom. The van der Waals surface area contributed by atoms with Crippen molar-refractivity contribution in [2.75, 3.05) is 10.6 Å². The molecule has 0 aliphatic heterocycles. The van der Waals surface area contributed by atoms with Crippen LogP contribution in [0.2, 0.25) is 5.02 Å². The molecule has 3 rings (SSSR count). The van der Waals surface area contributed by atoms with Crippen molar-refractivity contribution in [2.24, 2.45) is 0 Å². The molecule has 0 aliphatic carbocycles. The largest absolute Gasteiger partial charge is 0.322 e. The van der Waals surface area contributed by atoms with Crippen molar-refractivity contribution in [3.63, 3.8) is 0 Å². The van der Waals surface area contributed by atoms with E-state index in [-0.39, 0.29) is 17.4 Å². The van der Waals surface area contributed by atoms with Crippen LogP contribution in [0.3, 0.4) is 0 Å². The van der Waals surface area contributed by atoms with Crippen LogP contribution in [-0.2, 0) is 0 Å². The Morgan fingerprint density at radius 2 is 1.43 bits per heavy atom. The van der Waals surface area contributed by atoms with Gasteiger partial charge < -0.3 is 10.6 Å². The second-order valence-electron chi connectivity index (χ2n) is 6.60. The summed E-state index contributed by atoms with van der Waals surface area (Å²) in [7, 11) is 0. The smallest absolute Gasteiger partial charge is 0.257 e. The number of nitrogens with zero attached hydrogens (tertiary/aromatic N) is 1. The van der Waals surface area contributed by atoms with E-state index in [1.54, 1.807) is 12.1 Å². The summed E-state index contributed by atoms with van der Waals surface area (Å²) in [5.74, 6) is -0.688. The number of hydrogen-bond donors (Lipinski definition) is 2. The SMILES string of the molecule is Cc1ccc(NC(=O)c2cncc(C(=O)Nc3c(C)cccc3C)c2)cc1Cl. The van der Waals surface area contributed by atoms with Crippen LogP contribution in [-0.4, -0.2) is 16.8 Å². The molecule has 6 heteroatoms. The van der Waals surface area contributed by atoms with Crippen LogP contribution in [0.5, 0.6) is 0 Å². The van der Waals surface area contributed by atoms with Crippen molar-refractivity contribution in [3.05, 3.63) is 87.7 Å². The van der Waals surface area contributed by atoms with Gasteiger partial charge in [0.25, 0.3) is 11.8 Å². The van der Waals surface area contributed by atoms with E-state index in [9.17, 15) is 9.59 Å². The monoisotopic (exact) mass is 393 g/mol. The number of carbonyl (C=O) groups is 2. The lowest BCUT2D eigenvalue weighted by Gasteiger charge is -2.12. The first kappa shape index (κ1) is 19.6. The predicted octanol–water partition coefficient (Wildman–Crippen LogP) is 5.16. The number of aryl methyl sites for hydroxylation is 3. The Morgan fingerprint density at radius 3 is 2.04 bits per heavy atom. The van der Waals surface area contributed by atoms with Crippen LogP contribution in [0.4, 0.5) is 11.4 Å². The first-order valence-corrected chi connectivity index (χ1v) is 9.13. The number of nitrogens with one attached hydrogen (secondary N) is 2. The Hall–Kier alpha value is -3.18. The number of carbonyl (C=O) groups excluding carboxylic acids is 2. The summed E-state index contributed by atoms with van der Waals surface area (Å²) in [5.41, 5.74) is 4.77. The maximum absolute atomic E-state index is 12.6. The highest BCUT2D eigenvalue weighted by Crippen LogP contribution is 2.22. The third-order valence-electron chi connectivity index (χ3n) is 4.41. The average Bonchev–Trinajstić information content (AvgIpc) is 2.67. The number of hydrogen-bond acceptors (Lipinski definition) is 3. The highest BCUT2D eigenvalue weighted by Gasteiger charge is 2.14. The normalized spacial score (nSPS) is 10.4. The fraction of sp³-hybridized carbons (Fsp3) is 0.136. The van der Waals surface area contributed by atoms with Gasteiger partial charge in [-0.05, 0) is 55.7 Å². The number of aromatic nitrogens is 1. The van der Waals surface area contributed by atoms with Crippen molar-refractivity contribution < 1.29 is 9.59 Å². The number of pyridine rings is 1. The summed E-state index contributed by atoms with van der Waals surface area (Å²) in [4.78, 5) is 29.2. The van der Waals surface area contributed by atoms with Crippen molar-refractivity contribution in [1.29, 1.82) is 0 Å². The summed E-state index contributed by atoms with van der Waals surface area (Å²) in [5, 5.41) is 6.23. The van der Waals surface area contributed by atoms with Gasteiger partial charge in [-0.25, -0.2) is 0 Å². The first-order valence-electron chi connectivity index (χ1n) is 8.75. The third kappa shape index (κ3) is 4.38. The highest BCUT2D eigenvalue weighted by atomic mass is 35.5. The molecule has 2 aromatic carbocycles. The maximum atomic E-state index is 12.6. The van der Waals surface area contributed by atoms with Crippen LogP contribution in [0.25, 0.3) is 0 Å². The number of benzene rings is 2. The fourth-order valence-corrected chi connectivity index (χ4v) is 2.94. The van der Waals surface area contributed by atoms with Gasteiger partial charge in [0.15, 0.2) is 0 Å². The molecule has 2 amide bonds. The Bertz CT molecular complexity index is 1040. The molecule has 0 atom stereocenters. The number of halogens is 1. The molecule has 0 spiro atoms. The van der Waals surface area contributed by atoms with Gasteiger partial charge in [-0.3, -0.25) is 14.6 Å². The standard InChI is InChI=1S/C22H20ClN3O2/c1-13-7-8-18(10-19(13)23)25-21(27)16-9-17(12-24-11-16)22(28)26-20-14(2)5-4-6-15(20)3/h4-12H,1-3H3,(H,25,27)(H,26,28). The van der Waals surface area contributed by atoms with Crippen molar-refractivity contribution in [2.45, 2.75) is 20.8 Å². The number of anilines is 2. The van der Waals surface area contributed by atoms with Gasteiger partial charge in [0.2, 0.25) is 0 Å². The van der Waals surface area contributed by atoms with Crippen LogP contribution in [0, 0.1) is 20.8 Å². The van der Waals surface area contributed by atoms with Gasteiger partial charge in [0, 0.05) is 28.8 Å². The lowest BCUT2D eigenvalue weighted by atomic mass is 10.1. The van der Waals surface area contributed by atoms with Gasteiger partial charge >= 0.3 is 0 Å². The third-order valence-corrected chi connectivity index (χ3v) is 4.82. The molecule has 1 aromatic heterocycles. The molecule has 0 bridgehead atoms. The predicted molar refractivity (Wildman–Crippen MR) is 112 cm³/mol. The molecule has 28 heavy (non-hydrogen) atoms. The van der Waals surface area contributed by atoms with Gasteiger partial charge in [-0.2, -0.15) is 0 Å². The Kier molecular flexibility index (Phi) is 5.76. The van der Waals surface area contributed by atoms with Gasteiger partial charge in [0.05, 0.1) is 11.1 Å². The van der Waals surface area contributed by atoms with E-state index in [0.717, 1.165) is 22.4 Å². The minimum absolute atomic E-state index is 0.283. The molecule has 5 nitrogen and oxygen atoms in total. The lowest BCUT2D eigenvalue weighted by Crippen LogP contribution is -2.17. The second-order valence-corrected chi connectivity index (χ2v) is 7.01. The zero-order valence-corrected chi connectivity index (χ0v) is 16.6. The van der Waals surface area contributed by atoms with E-state index in [1.165, 1.54) is 18.5 Å². The van der Waals surface area contributed by atoms with Crippen molar-refractivity contribution >= 4 is 34.8 Å². The first-order chi connectivity index (χ1) is 13.3. The van der Waals surface area contributed by atoms with E-state index < -0.39 is 0 Å². The van der Waals surface area contributed by atoms with Gasteiger partial charge in [-0.15, -0.1) is 0 Å². The van der Waals surface area contributed by atoms with Gasteiger partial charge in [-0.1, -0.05) is 35.9 Å². The van der Waals surface area contributed by atoms with E-state index in [2.05, 4.69) is 15.6 Å². The molecule has 0 aliphatic rings. The summed E-state index contributed by atoms with van der Waals surface area (Å²) < 4.78 is 0. The maximum Gasteiger partial charge on any atom is 0.257 e. The molecule has 142 valence electrons. The fourth-order valence-electron chi connectivity index (χ4n) is 2.76. The summed E-state index contributed by atoms with van der Waals surface area (Å²) in [6, 6.07) is 12.6. The zero-order chi connectivity index (χ0) is 20.3. The summed E-state index contributed by atoms with van der Waals surface area (Å²) >= 11 is 6.10. The van der Waals surface area contributed by atoms with Crippen LogP contribution < -0.4 is 10.6 Å². The van der Waals surface area contributed by atoms with Crippen LogP contribution in [0.1, 0.15) is 37.4 Å². The summed E-state index contributed by atoms with van der Waals surface area (Å²) in [6.07, 6.45) is 2.85. The van der Waals surface area contributed by atoms with E-state index >= 15 is 0 Å². The minimum atomic E-state index is -0.367. The quantitative estimate of drug-likeness (QED) is 0.642. The molecule has 2 N–H and O–H groups in total. The van der Waals surface area contributed by atoms with Crippen molar-refractivity contribution in [3.8, 4) is 0 Å². The zero-order valence-electron chi connectivity index (χ0n) is 15.8. The van der Waals surface area contributed by atoms with E-state index in [0.29, 0.717) is 16.3 Å². The molecule has 0 fully saturated rings. The highest BCUT2D eigenvalue weighted by molar-refractivity contribution is 6.31. The lowest BCUT2D eigenvalue weighted by molar-refractivity contribution is 0.102. The van der Waals surface area contributed by atoms with Gasteiger partial charge in [0.1, 0.15) is 0 Å². The molecule has 0 unspecified atom stereocenters. The van der Waals surface area contributed by atoms with Crippen LogP contribution >= 0.6 is 11.6 Å². The number of para-hydroxylation sites is 1. The van der Waals surface area contributed by atoms with Crippen molar-refractivity contribution in [1.82, 2.24) is 4.98 Å². The average molecular weight is 394 g/mol. The molecule has 3 aromatic rings. The molecular formula is C22H20ClN3O2. The van der Waals surface area contributed by atoms with Crippen LogP contribution in [0.15, 0.2) is 54.9 Å². The topological polar surface area (TPSA) is 71.1 Å². The minimum Gasteiger partial charge on any atom is -0.322 e. The van der Waals surface area contributed by atoms with E-state index in [4.69, 9.17) is 11.6 Å². The molecule has 0 saturated heterocycles. The second kappa shape index (κ2) is 8.23. The summed E-state index contributed by atoms with van der Waals surface area (Å²) in [6.45, 7) is 5.74. The molecule has 0 radical (unpaired) electrons.